The third-order valence-electron chi connectivity index (χ3n) is 7.50. The maximum absolute atomic E-state index is 13.0. The summed E-state index contributed by atoms with van der Waals surface area (Å²) in [5.74, 6) is 0.477. The van der Waals surface area contributed by atoms with Crippen molar-refractivity contribution in [2.24, 2.45) is 0 Å². The minimum atomic E-state index is -0.974. The Hall–Kier alpha value is -3.74. The monoisotopic (exact) mass is 620 g/mol. The number of rotatable bonds is 12. The Kier molecular flexibility index (Phi) is 11.0. The minimum Gasteiger partial charge on any atom is -0.445 e. The van der Waals surface area contributed by atoms with Gasteiger partial charge in [0.2, 0.25) is 5.91 Å². The van der Waals surface area contributed by atoms with Crippen LogP contribution in [-0.4, -0.2) is 63.3 Å². The lowest BCUT2D eigenvalue weighted by Crippen LogP contribution is -2.41. The summed E-state index contributed by atoms with van der Waals surface area (Å²) in [6.45, 7) is 0.201. The molecule has 2 fully saturated rings. The minimum absolute atomic E-state index is 0.0304. The van der Waals surface area contributed by atoms with Gasteiger partial charge in [-0.3, -0.25) is 14.5 Å². The molecule has 3 aromatic carbocycles. The summed E-state index contributed by atoms with van der Waals surface area (Å²) >= 11 is 1.62. The van der Waals surface area contributed by atoms with Crippen molar-refractivity contribution in [1.82, 2.24) is 10.2 Å². The van der Waals surface area contributed by atoms with Gasteiger partial charge in [0.25, 0.3) is 5.91 Å². The molecule has 2 aliphatic rings. The molecule has 10 nitrogen and oxygen atoms in total. The van der Waals surface area contributed by atoms with E-state index < -0.39 is 24.3 Å². The fraction of sp³-hybridized carbons (Fsp3) is 0.364. The number of aliphatic hydroxyl groups is 2. The molecule has 1 unspecified atom stereocenters. The van der Waals surface area contributed by atoms with E-state index in [1.54, 1.807) is 11.8 Å². The number of nitrogens with zero attached hydrogens (tertiary/aromatic N) is 1. The summed E-state index contributed by atoms with van der Waals surface area (Å²) in [4.78, 5) is 39.0. The highest BCUT2D eigenvalue weighted by molar-refractivity contribution is 7.99. The van der Waals surface area contributed by atoms with Crippen LogP contribution < -0.4 is 5.32 Å². The van der Waals surface area contributed by atoms with E-state index in [0.29, 0.717) is 17.9 Å². The lowest BCUT2D eigenvalue weighted by Gasteiger charge is -2.36. The van der Waals surface area contributed by atoms with E-state index in [1.807, 2.05) is 78.9 Å². The third-order valence-corrected chi connectivity index (χ3v) is 8.57. The molecule has 0 spiro atoms. The van der Waals surface area contributed by atoms with Gasteiger partial charge in [-0.05, 0) is 22.3 Å². The molecule has 0 aliphatic carbocycles. The first-order valence-corrected chi connectivity index (χ1v) is 15.7. The normalized spacial score (nSPS) is 21.8. The standard InChI is InChI=1S/C33H36N2O8S/c36-14-15-44-21-27-16-29(25-10-8-23(19-37)9-11-25)43-32(42-27)26-12-6-22(7-13-26)18-35-30(38)17-28(31(35)39)34-33(40)41-20-24-4-2-1-3-5-24/h1-13,27-29,32,36-37H,14-21H2,(H,34,40)/t27-,28?,29+,32+/m0/s1. The number of carbonyl (C=O) groups is 3. The predicted molar refractivity (Wildman–Crippen MR) is 163 cm³/mol. The van der Waals surface area contributed by atoms with Crippen LogP contribution in [0.1, 0.15) is 53.1 Å². The number of thioether (sulfide) groups is 1. The molecule has 0 radical (unpaired) electrons. The van der Waals surface area contributed by atoms with Crippen molar-refractivity contribution in [3.05, 3.63) is 107 Å². The highest BCUT2D eigenvalue weighted by atomic mass is 32.2. The zero-order valence-electron chi connectivity index (χ0n) is 24.2. The van der Waals surface area contributed by atoms with Crippen molar-refractivity contribution in [2.75, 3.05) is 18.1 Å². The van der Waals surface area contributed by atoms with Gasteiger partial charge in [-0.15, -0.1) is 0 Å². The van der Waals surface area contributed by atoms with Gasteiger partial charge in [-0.25, -0.2) is 4.79 Å². The average Bonchev–Trinajstić information content (AvgIpc) is 3.31. The lowest BCUT2D eigenvalue weighted by atomic mass is 10.0. The van der Waals surface area contributed by atoms with Crippen molar-refractivity contribution >= 4 is 29.7 Å². The second-order valence-electron chi connectivity index (χ2n) is 10.7. The Labute approximate surface area is 260 Å². The number of benzene rings is 3. The number of nitrogens with one attached hydrogen (secondary N) is 1. The van der Waals surface area contributed by atoms with Crippen LogP contribution in [-0.2, 0) is 43.6 Å². The molecule has 5 rings (SSSR count). The Morgan fingerprint density at radius 2 is 1.61 bits per heavy atom. The summed E-state index contributed by atoms with van der Waals surface area (Å²) in [6.07, 6.45) is -1.18. The van der Waals surface area contributed by atoms with Gasteiger partial charge in [0, 0.05) is 23.5 Å². The van der Waals surface area contributed by atoms with E-state index >= 15 is 0 Å². The molecule has 232 valence electrons. The Morgan fingerprint density at radius 1 is 0.909 bits per heavy atom. The summed E-state index contributed by atoms with van der Waals surface area (Å²) in [6, 6.07) is 23.2. The summed E-state index contributed by atoms with van der Waals surface area (Å²) in [7, 11) is 0. The van der Waals surface area contributed by atoms with E-state index in [1.165, 1.54) is 0 Å². The third kappa shape index (κ3) is 8.25. The van der Waals surface area contributed by atoms with Crippen molar-refractivity contribution < 1.29 is 38.8 Å². The van der Waals surface area contributed by atoms with Gasteiger partial charge in [-0.2, -0.15) is 11.8 Å². The molecule has 0 bridgehead atoms. The van der Waals surface area contributed by atoms with Crippen molar-refractivity contribution in [3.8, 4) is 0 Å². The molecule has 2 aliphatic heterocycles. The molecular formula is C33H36N2O8S. The molecule has 2 heterocycles. The van der Waals surface area contributed by atoms with Gasteiger partial charge in [0.05, 0.1) is 38.4 Å². The molecule has 44 heavy (non-hydrogen) atoms. The average molecular weight is 621 g/mol. The lowest BCUT2D eigenvalue weighted by molar-refractivity contribution is -0.245. The SMILES string of the molecule is O=C(NC1CC(=O)N(Cc2ccc([C@@H]3O[C@H](CSCCO)C[C@H](c4ccc(CO)cc4)O3)cc2)C1=O)OCc1ccccc1. The number of hydrogen-bond donors (Lipinski definition) is 3. The number of amides is 3. The molecule has 11 heteroatoms. The first kappa shape index (κ1) is 31.7. The number of alkyl carbamates (subject to hydrolysis) is 1. The fourth-order valence-corrected chi connectivity index (χ4v) is 5.91. The van der Waals surface area contributed by atoms with Crippen LogP contribution in [0.15, 0.2) is 78.9 Å². The first-order chi connectivity index (χ1) is 21.4. The van der Waals surface area contributed by atoms with Crippen molar-refractivity contribution in [1.29, 1.82) is 0 Å². The molecule has 2 saturated heterocycles. The number of aliphatic hydroxyl groups excluding tert-OH is 2. The maximum atomic E-state index is 13.0. The number of imide groups is 1. The predicted octanol–water partition coefficient (Wildman–Crippen LogP) is 4.00. The molecular weight excluding hydrogens is 584 g/mol. The summed E-state index contributed by atoms with van der Waals surface area (Å²) in [5, 5.41) is 21.1. The molecule has 0 saturated carbocycles. The van der Waals surface area contributed by atoms with E-state index in [2.05, 4.69) is 5.32 Å². The largest absolute Gasteiger partial charge is 0.445 e. The van der Waals surface area contributed by atoms with Crippen LogP contribution in [0.2, 0.25) is 0 Å². The molecule has 3 amide bonds. The van der Waals surface area contributed by atoms with E-state index in [9.17, 15) is 24.6 Å². The van der Waals surface area contributed by atoms with Crippen LogP contribution >= 0.6 is 11.8 Å². The zero-order valence-corrected chi connectivity index (χ0v) is 25.0. The van der Waals surface area contributed by atoms with Gasteiger partial charge in [0.1, 0.15) is 12.6 Å². The molecule has 3 N–H and O–H groups in total. The number of hydrogen-bond acceptors (Lipinski definition) is 9. The maximum Gasteiger partial charge on any atom is 0.408 e. The van der Waals surface area contributed by atoms with Crippen molar-refractivity contribution in [3.63, 3.8) is 0 Å². The van der Waals surface area contributed by atoms with Gasteiger partial charge < -0.3 is 29.7 Å². The topological polar surface area (TPSA) is 135 Å². The Morgan fingerprint density at radius 3 is 2.32 bits per heavy atom. The molecule has 3 aromatic rings. The smallest absolute Gasteiger partial charge is 0.408 e. The molecule has 4 atom stereocenters. The Bertz CT molecular complexity index is 1400. The quantitative estimate of drug-likeness (QED) is 0.203. The van der Waals surface area contributed by atoms with E-state index in [0.717, 1.165) is 32.7 Å². The van der Waals surface area contributed by atoms with Crippen LogP contribution in [0.5, 0.6) is 0 Å². The molecule has 0 aromatic heterocycles. The zero-order chi connectivity index (χ0) is 30.9. The highest BCUT2D eigenvalue weighted by Crippen LogP contribution is 2.39. The first-order valence-electron chi connectivity index (χ1n) is 14.5. The van der Waals surface area contributed by atoms with Crippen molar-refractivity contribution in [2.45, 2.75) is 57.1 Å². The van der Waals surface area contributed by atoms with Gasteiger partial charge in [0.15, 0.2) is 6.29 Å². The van der Waals surface area contributed by atoms with E-state index in [-0.39, 0.29) is 50.9 Å². The fourth-order valence-electron chi connectivity index (χ4n) is 5.13. The second-order valence-corrected chi connectivity index (χ2v) is 11.8. The second kappa shape index (κ2) is 15.3. The van der Waals surface area contributed by atoms with Gasteiger partial charge >= 0.3 is 6.09 Å². The summed E-state index contributed by atoms with van der Waals surface area (Å²) in [5.41, 5.74) is 4.16. The van der Waals surface area contributed by atoms with E-state index in [4.69, 9.17) is 14.2 Å². The van der Waals surface area contributed by atoms with Gasteiger partial charge in [-0.1, -0.05) is 78.9 Å². The van der Waals surface area contributed by atoms with Crippen LogP contribution in [0.3, 0.4) is 0 Å². The van der Waals surface area contributed by atoms with Crippen LogP contribution in [0.25, 0.3) is 0 Å². The summed E-state index contributed by atoms with van der Waals surface area (Å²) < 4.78 is 17.8. The number of ether oxygens (including phenoxy) is 3. The number of likely N-dealkylation sites (tertiary alicyclic amines) is 1. The number of carbonyl (C=O) groups excluding carboxylic acids is 3. The van der Waals surface area contributed by atoms with Crippen LogP contribution in [0.4, 0.5) is 4.79 Å². The van der Waals surface area contributed by atoms with Crippen LogP contribution in [0, 0.1) is 0 Å². The highest BCUT2D eigenvalue weighted by Gasteiger charge is 2.40. The Balaban J connectivity index is 1.19.